The van der Waals surface area contributed by atoms with E-state index in [0.717, 1.165) is 0 Å². The monoisotopic (exact) mass is 1030 g/mol. The Hall–Kier alpha value is -10.1. The second kappa shape index (κ2) is 18.4. The Morgan fingerprint density at radius 3 is 1.39 bits per heavy atom. The predicted octanol–water partition coefficient (Wildman–Crippen LogP) is 17.3. The minimum absolute atomic E-state index is 0.191. The van der Waals surface area contributed by atoms with Crippen LogP contribution >= 0.6 is 0 Å². The lowest BCUT2D eigenvalue weighted by molar-refractivity contribution is 1.18. The second-order valence-corrected chi connectivity index (χ2v) is 16.3. The fourth-order valence-electron chi connectivity index (χ4n) is 9.12. The third-order valence-corrected chi connectivity index (χ3v) is 12.2. The molecule has 1 aromatic heterocycles. The molecular formula is C72H49BN4. The number of para-hydroxylation sites is 5. The van der Waals surface area contributed by atoms with E-state index in [1.54, 1.807) is 0 Å². The average Bonchev–Trinajstić information content (AvgIpc) is 0.833. The summed E-state index contributed by atoms with van der Waals surface area (Å²) in [5.41, 5.74) is -24.7. The predicted molar refractivity (Wildman–Crippen MR) is 326 cm³/mol. The Bertz CT molecular complexity index is 7050. The molecule has 0 amide bonds. The molecule has 0 aliphatic carbocycles. The Morgan fingerprint density at radius 2 is 0.753 bits per heavy atom. The van der Waals surface area contributed by atoms with E-state index in [0.29, 0.717) is 14.4 Å². The van der Waals surface area contributed by atoms with Gasteiger partial charge in [0, 0.05) is 67.5 Å². The molecule has 3 heterocycles. The summed E-state index contributed by atoms with van der Waals surface area (Å²) < 4.78 is 464. The van der Waals surface area contributed by atoms with E-state index < -0.39 is 431 Å². The average molecular weight is 1030 g/mol. The molecule has 0 radical (unpaired) electrons. The molecule has 12 aromatic carbocycles. The van der Waals surface area contributed by atoms with Crippen LogP contribution in [0.25, 0.3) is 60.9 Å². The highest BCUT2D eigenvalue weighted by molar-refractivity contribution is 7.00. The summed E-state index contributed by atoms with van der Waals surface area (Å²) in [6.07, 6.45) is 0. The molecule has 0 fully saturated rings. The summed E-state index contributed by atoms with van der Waals surface area (Å²) in [5, 5.41) is -1.26. The summed E-state index contributed by atoms with van der Waals surface area (Å²) in [6, 6.07) is -62.2. The number of hydrogen-bond donors (Lipinski definition) is 0. The van der Waals surface area contributed by atoms with Gasteiger partial charge in [0.1, 0.15) is 0 Å². The van der Waals surface area contributed by atoms with Crippen molar-refractivity contribution in [2.45, 2.75) is 0 Å². The molecule has 4 nitrogen and oxygen atoms in total. The van der Waals surface area contributed by atoms with E-state index in [2.05, 4.69) is 0 Å². The molecule has 15 rings (SSSR count). The quantitative estimate of drug-likeness (QED) is 0.134. The van der Waals surface area contributed by atoms with Crippen LogP contribution in [-0.2, 0) is 0 Å². The highest BCUT2D eigenvalue weighted by Gasteiger charge is 2.44. The van der Waals surface area contributed by atoms with E-state index in [1.165, 1.54) is 0 Å². The van der Waals surface area contributed by atoms with Crippen molar-refractivity contribution < 1.29 is 67.2 Å². The summed E-state index contributed by atoms with van der Waals surface area (Å²) in [4.78, 5) is 0.907. The van der Waals surface area contributed by atoms with Crippen molar-refractivity contribution in [1.82, 2.24) is 4.57 Å². The number of aromatic nitrogens is 1. The van der Waals surface area contributed by atoms with Crippen molar-refractivity contribution in [3.8, 4) is 39.1 Å². The van der Waals surface area contributed by atoms with Gasteiger partial charge >= 0.3 is 0 Å². The largest absolute Gasteiger partial charge is 0.311 e. The Labute approximate surface area is 518 Å². The first kappa shape index (κ1) is 17.2. The van der Waals surface area contributed by atoms with Crippen LogP contribution in [0.1, 0.15) is 67.2 Å². The first-order valence-electron chi connectivity index (χ1n) is 47.0. The number of nitrogens with zero attached hydrogens (tertiary/aromatic N) is 4. The van der Waals surface area contributed by atoms with Crippen LogP contribution in [0.5, 0.6) is 0 Å². The number of rotatable bonds is 9. The Balaban J connectivity index is 1.20. The lowest BCUT2D eigenvalue weighted by Gasteiger charge is -2.45. The molecule has 0 bridgehead atoms. The molecule has 2 aliphatic rings. The van der Waals surface area contributed by atoms with Crippen LogP contribution in [0, 0.1) is 0 Å². The van der Waals surface area contributed by atoms with E-state index >= 15 is 0 Å². The highest BCUT2D eigenvalue weighted by Crippen LogP contribution is 2.48. The first-order valence-corrected chi connectivity index (χ1v) is 22.5. The topological polar surface area (TPSA) is 14.7 Å². The van der Waals surface area contributed by atoms with Crippen molar-refractivity contribution >= 4 is 96.1 Å². The third kappa shape index (κ3) is 7.39. The van der Waals surface area contributed by atoms with Gasteiger partial charge in [-0.05, 0) is 141 Å². The number of fused-ring (bicyclic) bond motifs is 7. The lowest BCUT2D eigenvalue weighted by Crippen LogP contribution is -2.61. The standard InChI is InChI=1S/C72H49BN4/c1-5-20-50(21-6-1)51-36-41-58(42-37-51)76-68-34-19-35-69-72(68)73(64-47-45-59(49-71(64)76)74(55-24-9-3-10-25-55)56-26-11-4-12-27-56)63-46-40-54(48-70(63)77(69)65-31-16-13-28-60(65)53-22-7-2-8-23-53)52-38-43-57(44-39-52)75-66-32-17-14-29-61(66)62-30-15-18-33-67(62)75/h1-49H/i1D,2D,3D,4D,5D,6D,7D,8D,9D,10D,11D,12D,13D,14D,15D,16D,17D,18D,19D,20D,21D,22D,23D,24D,25D,26D,27D,28D,29D,30D,31D,32D,33D,34D,35D,36D,37D,38D,39D,40D,41D,42D,43D,44D,45D,46D,47D,48D,49D. The fourth-order valence-corrected chi connectivity index (χ4v) is 9.12. The molecule has 0 saturated carbocycles. The number of benzene rings is 12. The van der Waals surface area contributed by atoms with Crippen LogP contribution in [0.2, 0.25) is 0 Å². The molecule has 0 spiro atoms. The lowest BCUT2D eigenvalue weighted by atomic mass is 9.33. The SMILES string of the molecule is [2H]c1c([2H])c([2H])c(-c2c([2H])c([2H])c(N3c4c([2H])c(N(c5c([2H])c([2H])c([2H])c([2H])c5[2H])c5c([2H])c([2H])c([2H])c([2H])c5[2H])c([2H])c([2H])c4B4c5c([2H])c([2H])c(-c6c([2H])c([2H])c(-n7c8c([2H])c([2H])c([2H])c([2H])c8c8c([2H])c([2H])c([2H])c([2H])c87)c([2H])c6[2H])c([2H])c5N(c5c([2H])c([2H])c([2H])c([2H])c5-c5c([2H])c([2H])c([2H])c([2H])c5[2H])c5c([2H])c([2H])c([2H])c3c54)c([2H])c2[2H])c([2H])c1[2H]. The molecular weight excluding hydrogens is 932 g/mol. The summed E-state index contributed by atoms with van der Waals surface area (Å²) in [6.45, 7) is -2.69. The van der Waals surface area contributed by atoms with Crippen molar-refractivity contribution in [3.63, 3.8) is 0 Å². The number of hydrogen-bond acceptors (Lipinski definition) is 3. The van der Waals surface area contributed by atoms with Crippen molar-refractivity contribution in [2.24, 2.45) is 0 Å². The molecule has 5 heteroatoms. The van der Waals surface area contributed by atoms with Gasteiger partial charge in [-0.15, -0.1) is 0 Å². The summed E-state index contributed by atoms with van der Waals surface area (Å²) >= 11 is 0. The maximum absolute atomic E-state index is 10.9. The van der Waals surface area contributed by atoms with Gasteiger partial charge in [-0.25, -0.2) is 0 Å². The van der Waals surface area contributed by atoms with Gasteiger partial charge in [0.25, 0.3) is 6.71 Å². The van der Waals surface area contributed by atoms with E-state index in [4.69, 9.17) is 27.4 Å². The molecule has 0 N–H and O–H groups in total. The van der Waals surface area contributed by atoms with Gasteiger partial charge in [-0.2, -0.15) is 0 Å². The van der Waals surface area contributed by atoms with Crippen molar-refractivity contribution in [1.29, 1.82) is 0 Å². The molecule has 2 aliphatic heterocycles. The van der Waals surface area contributed by atoms with Crippen LogP contribution in [-0.4, -0.2) is 11.3 Å². The molecule has 360 valence electrons. The van der Waals surface area contributed by atoms with Gasteiger partial charge in [-0.3, -0.25) is 0 Å². The maximum atomic E-state index is 10.9. The van der Waals surface area contributed by atoms with Crippen LogP contribution in [0.4, 0.5) is 51.2 Å². The smallest absolute Gasteiger partial charge is 0.252 e. The van der Waals surface area contributed by atoms with Crippen molar-refractivity contribution in [2.75, 3.05) is 14.7 Å². The Morgan fingerprint density at radius 1 is 0.299 bits per heavy atom. The number of anilines is 9. The van der Waals surface area contributed by atoms with E-state index in [1.807, 2.05) is 0 Å². The minimum Gasteiger partial charge on any atom is -0.311 e. The molecule has 77 heavy (non-hydrogen) atoms. The van der Waals surface area contributed by atoms with Crippen LogP contribution in [0.15, 0.2) is 296 Å². The maximum Gasteiger partial charge on any atom is 0.252 e. The minimum atomic E-state index is -2.69. The zero-order valence-corrected chi connectivity index (χ0v) is 38.4. The zero-order chi connectivity index (χ0) is 93.5. The van der Waals surface area contributed by atoms with E-state index in [9.17, 15) is 39.8 Å². The molecule has 0 unspecified atom stereocenters. The van der Waals surface area contributed by atoms with Crippen LogP contribution in [0.3, 0.4) is 0 Å². The van der Waals surface area contributed by atoms with Gasteiger partial charge < -0.3 is 19.3 Å². The first-order chi connectivity index (χ1) is 58.6. The molecule has 0 atom stereocenters. The van der Waals surface area contributed by atoms with Crippen LogP contribution < -0.4 is 31.1 Å². The third-order valence-electron chi connectivity index (χ3n) is 12.2. The van der Waals surface area contributed by atoms with Gasteiger partial charge in [0.2, 0.25) is 0 Å². The highest BCUT2D eigenvalue weighted by atomic mass is 15.2. The van der Waals surface area contributed by atoms with Gasteiger partial charge in [0.05, 0.1) is 83.9 Å². The Kier molecular flexibility index (Phi) is 4.11. The fraction of sp³-hybridized carbons (Fsp3) is 0. The normalized spacial score (nSPS) is 21.2. The molecule has 0 saturated heterocycles. The van der Waals surface area contributed by atoms with E-state index in [-0.39, 0.29) is 4.90 Å². The molecule has 13 aromatic rings. The summed E-state index contributed by atoms with van der Waals surface area (Å²) in [5.74, 6) is 0. The van der Waals surface area contributed by atoms with Crippen molar-refractivity contribution in [3.05, 3.63) is 296 Å². The van der Waals surface area contributed by atoms with Gasteiger partial charge in [0.15, 0.2) is 0 Å². The van der Waals surface area contributed by atoms with Gasteiger partial charge in [-0.1, -0.05) is 199 Å². The summed E-state index contributed by atoms with van der Waals surface area (Å²) in [7, 11) is 0. The zero-order valence-electron chi connectivity index (χ0n) is 87.4. The second-order valence-electron chi connectivity index (χ2n) is 16.3.